The third-order valence-corrected chi connectivity index (χ3v) is 6.51. The summed E-state index contributed by atoms with van der Waals surface area (Å²) in [7, 11) is 0. The van der Waals surface area contributed by atoms with Gasteiger partial charge in [0.1, 0.15) is 17.1 Å². The molecule has 1 heterocycles. The lowest BCUT2D eigenvalue weighted by Crippen LogP contribution is -2.48. The molecule has 0 radical (unpaired) electrons. The van der Waals surface area contributed by atoms with Gasteiger partial charge in [0.05, 0.1) is 0 Å². The number of fused-ring (bicyclic) bond motifs is 4. The molecule has 24 heavy (non-hydrogen) atoms. The number of hydrogen-bond donors (Lipinski definition) is 1. The number of allylic oxidation sites excluding steroid dienone is 1. The highest BCUT2D eigenvalue weighted by atomic mass is 16.5. The molecule has 0 aromatic heterocycles. The highest BCUT2D eigenvalue weighted by molar-refractivity contribution is 5.53. The second kappa shape index (κ2) is 6.13. The molecule has 1 aliphatic carbocycles. The maximum absolute atomic E-state index is 10.8. The number of ether oxygens (including phenoxy) is 1. The fourth-order valence-corrected chi connectivity index (χ4v) is 4.57. The second-order valence-electron chi connectivity index (χ2n) is 8.49. The van der Waals surface area contributed by atoms with Crippen LogP contribution in [0.15, 0.2) is 24.3 Å². The molecule has 2 aliphatic rings. The smallest absolute Gasteiger partial charge is 0.127 e. The number of benzene rings is 1. The number of aromatic hydroxyl groups is 1. The molecular formula is C22H32O2. The van der Waals surface area contributed by atoms with Crippen LogP contribution in [0.25, 0.3) is 0 Å². The Hall–Kier alpha value is -1.44. The van der Waals surface area contributed by atoms with E-state index in [2.05, 4.69) is 40.3 Å². The number of rotatable bonds is 5. The van der Waals surface area contributed by atoms with Crippen molar-refractivity contribution >= 4 is 0 Å². The second-order valence-corrected chi connectivity index (χ2v) is 8.49. The van der Waals surface area contributed by atoms with Crippen molar-refractivity contribution < 1.29 is 9.84 Å². The number of phenolic OH excluding ortho intramolecular Hbond substituents is 1. The Bertz CT molecular complexity index is 648. The van der Waals surface area contributed by atoms with E-state index in [0.717, 1.165) is 37.0 Å². The molecule has 1 fully saturated rings. The topological polar surface area (TPSA) is 29.5 Å². The molecular weight excluding hydrogens is 296 g/mol. The molecule has 132 valence electrons. The zero-order valence-corrected chi connectivity index (χ0v) is 15.7. The van der Waals surface area contributed by atoms with Crippen LogP contribution in [-0.4, -0.2) is 10.7 Å². The number of phenols is 1. The van der Waals surface area contributed by atoms with E-state index in [1.807, 2.05) is 6.07 Å². The molecule has 3 rings (SSSR count). The van der Waals surface area contributed by atoms with Gasteiger partial charge in [-0.3, -0.25) is 0 Å². The van der Waals surface area contributed by atoms with Crippen LogP contribution in [0.2, 0.25) is 0 Å². The number of aryl methyl sites for hydroxylation is 1. The predicted molar refractivity (Wildman–Crippen MR) is 99.9 cm³/mol. The van der Waals surface area contributed by atoms with Gasteiger partial charge in [0.25, 0.3) is 0 Å². The van der Waals surface area contributed by atoms with Gasteiger partial charge in [0, 0.05) is 11.5 Å². The van der Waals surface area contributed by atoms with Crippen molar-refractivity contribution in [1.29, 1.82) is 0 Å². The molecule has 3 atom stereocenters. The average molecular weight is 328 g/mol. The lowest BCUT2D eigenvalue weighted by atomic mass is 9.57. The minimum atomic E-state index is -0.110. The number of unbranched alkanes of at least 4 members (excludes halogenated alkanes) is 2. The maximum atomic E-state index is 10.8. The summed E-state index contributed by atoms with van der Waals surface area (Å²) >= 11 is 0. The predicted octanol–water partition coefficient (Wildman–Crippen LogP) is 6.13. The molecule has 1 aromatic carbocycles. The van der Waals surface area contributed by atoms with E-state index < -0.39 is 0 Å². The van der Waals surface area contributed by atoms with Crippen molar-refractivity contribution in [2.45, 2.75) is 84.2 Å². The lowest BCUT2D eigenvalue weighted by molar-refractivity contribution is -0.0182. The summed E-state index contributed by atoms with van der Waals surface area (Å²) in [6, 6.07) is 4.15. The highest BCUT2D eigenvalue weighted by Crippen LogP contribution is 2.61. The molecule has 1 aromatic rings. The van der Waals surface area contributed by atoms with Crippen LogP contribution >= 0.6 is 0 Å². The van der Waals surface area contributed by atoms with Gasteiger partial charge >= 0.3 is 0 Å². The molecule has 1 unspecified atom stereocenters. The summed E-state index contributed by atoms with van der Waals surface area (Å²) in [5, 5.41) is 10.8. The quantitative estimate of drug-likeness (QED) is 0.520. The van der Waals surface area contributed by atoms with E-state index in [1.54, 1.807) is 0 Å². The van der Waals surface area contributed by atoms with Gasteiger partial charge < -0.3 is 9.84 Å². The zero-order valence-electron chi connectivity index (χ0n) is 15.7. The van der Waals surface area contributed by atoms with Crippen LogP contribution in [0.3, 0.4) is 0 Å². The molecule has 0 amide bonds. The SMILES string of the molecule is C=C(C)C1(C)CC[C@]2(C)C[C@H]1c1c(O)cc(CCCCC)cc1O2. The first-order valence-electron chi connectivity index (χ1n) is 9.50. The van der Waals surface area contributed by atoms with Crippen LogP contribution in [0.4, 0.5) is 0 Å². The van der Waals surface area contributed by atoms with Gasteiger partial charge in [0.15, 0.2) is 0 Å². The molecule has 1 aliphatic heterocycles. The molecule has 2 bridgehead atoms. The van der Waals surface area contributed by atoms with Gasteiger partial charge in [-0.05, 0) is 69.1 Å². The van der Waals surface area contributed by atoms with E-state index in [9.17, 15) is 5.11 Å². The van der Waals surface area contributed by atoms with Crippen LogP contribution in [-0.2, 0) is 6.42 Å². The normalized spacial score (nSPS) is 31.2. The lowest BCUT2D eigenvalue weighted by Gasteiger charge is -2.53. The Morgan fingerprint density at radius 1 is 1.29 bits per heavy atom. The van der Waals surface area contributed by atoms with Crippen molar-refractivity contribution in [2.75, 3.05) is 0 Å². The largest absolute Gasteiger partial charge is 0.508 e. The van der Waals surface area contributed by atoms with E-state index in [0.29, 0.717) is 11.7 Å². The monoisotopic (exact) mass is 328 g/mol. The Labute approximate surface area is 146 Å². The molecule has 2 heteroatoms. The van der Waals surface area contributed by atoms with E-state index in [4.69, 9.17) is 4.74 Å². The minimum Gasteiger partial charge on any atom is -0.508 e. The summed E-state index contributed by atoms with van der Waals surface area (Å²) in [6.07, 6.45) is 7.70. The molecule has 0 saturated heterocycles. The Morgan fingerprint density at radius 2 is 2.04 bits per heavy atom. The molecule has 1 N–H and O–H groups in total. The number of hydrogen-bond acceptors (Lipinski definition) is 2. The Balaban J connectivity index is 2.01. The molecule has 0 spiro atoms. The summed E-state index contributed by atoms with van der Waals surface area (Å²) in [5.74, 6) is 1.62. The summed E-state index contributed by atoms with van der Waals surface area (Å²) in [6.45, 7) is 13.2. The average Bonchev–Trinajstić information content (AvgIpc) is 2.50. The van der Waals surface area contributed by atoms with E-state index in [1.165, 1.54) is 30.4 Å². The Morgan fingerprint density at radius 3 is 2.71 bits per heavy atom. The highest BCUT2D eigenvalue weighted by Gasteiger charge is 2.51. The van der Waals surface area contributed by atoms with Gasteiger partial charge in [-0.25, -0.2) is 0 Å². The van der Waals surface area contributed by atoms with Gasteiger partial charge in [0.2, 0.25) is 0 Å². The summed E-state index contributed by atoms with van der Waals surface area (Å²) < 4.78 is 6.40. The fourth-order valence-electron chi connectivity index (χ4n) is 4.57. The van der Waals surface area contributed by atoms with Crippen molar-refractivity contribution in [2.24, 2.45) is 5.41 Å². The molecule has 2 nitrogen and oxygen atoms in total. The van der Waals surface area contributed by atoms with Crippen molar-refractivity contribution in [3.8, 4) is 11.5 Å². The first-order chi connectivity index (χ1) is 11.3. The Kier molecular flexibility index (Phi) is 4.44. The summed E-state index contributed by atoms with van der Waals surface area (Å²) in [4.78, 5) is 0. The van der Waals surface area contributed by atoms with Crippen LogP contribution < -0.4 is 4.74 Å². The van der Waals surface area contributed by atoms with Crippen LogP contribution in [0.5, 0.6) is 11.5 Å². The first-order valence-corrected chi connectivity index (χ1v) is 9.50. The third kappa shape index (κ3) is 2.85. The van der Waals surface area contributed by atoms with Gasteiger partial charge in [-0.15, -0.1) is 0 Å². The van der Waals surface area contributed by atoms with Crippen molar-refractivity contribution in [1.82, 2.24) is 0 Å². The first kappa shape index (κ1) is 17.4. The molecule has 1 saturated carbocycles. The van der Waals surface area contributed by atoms with Crippen LogP contribution in [0.1, 0.15) is 83.3 Å². The summed E-state index contributed by atoms with van der Waals surface area (Å²) in [5.41, 5.74) is 3.35. The van der Waals surface area contributed by atoms with E-state index >= 15 is 0 Å². The van der Waals surface area contributed by atoms with Gasteiger partial charge in [-0.1, -0.05) is 38.8 Å². The standard InChI is InChI=1S/C22H32O2/c1-6-7-8-9-16-12-18(23)20-17-14-21(4,24-19(20)13-16)10-11-22(17,5)15(2)3/h12-13,17,23H,2,6-11,14H2,1,3-5H3/t17-,21+,22?/m0/s1. The van der Waals surface area contributed by atoms with Crippen LogP contribution in [0, 0.1) is 5.41 Å². The zero-order chi connectivity index (χ0) is 17.5. The minimum absolute atomic E-state index is 0.0409. The van der Waals surface area contributed by atoms with Crippen molar-refractivity contribution in [3.05, 3.63) is 35.4 Å². The fraction of sp³-hybridized carbons (Fsp3) is 0.636. The maximum Gasteiger partial charge on any atom is 0.127 e. The van der Waals surface area contributed by atoms with E-state index in [-0.39, 0.29) is 11.0 Å². The van der Waals surface area contributed by atoms with Crippen molar-refractivity contribution in [3.63, 3.8) is 0 Å². The van der Waals surface area contributed by atoms with Gasteiger partial charge in [-0.2, -0.15) is 0 Å². The third-order valence-electron chi connectivity index (χ3n) is 6.51.